The van der Waals surface area contributed by atoms with Crippen molar-refractivity contribution in [2.24, 2.45) is 5.73 Å². The zero-order valence-corrected chi connectivity index (χ0v) is 4.88. The Labute approximate surface area is 40.8 Å². The van der Waals surface area contributed by atoms with E-state index in [1.165, 1.54) is 0 Å². The van der Waals surface area contributed by atoms with Gasteiger partial charge < -0.3 is 5.73 Å². The molecule has 0 aliphatic rings. The average molecular weight is 103 g/mol. The molecule has 2 heteroatoms. The highest BCUT2D eigenvalue weighted by atomic mass is 31.0. The molecule has 0 aromatic rings. The molecular formula is C4H10NP. The first-order valence-corrected chi connectivity index (χ1v) is 2.78. The van der Waals surface area contributed by atoms with Gasteiger partial charge in [-0.05, 0) is 6.16 Å². The van der Waals surface area contributed by atoms with Crippen LogP contribution in [-0.2, 0) is 0 Å². The van der Waals surface area contributed by atoms with E-state index >= 15 is 0 Å². The second kappa shape index (κ2) is 5.13. The molecular weight excluding hydrogens is 93.0 g/mol. The van der Waals surface area contributed by atoms with Crippen LogP contribution in [0.15, 0.2) is 12.2 Å². The number of hydrogen-bond donors (Lipinski definition) is 1. The van der Waals surface area contributed by atoms with E-state index in [9.17, 15) is 0 Å². The number of rotatable bonds is 2. The summed E-state index contributed by atoms with van der Waals surface area (Å²) in [5, 5.41) is 0. The molecule has 0 saturated heterocycles. The van der Waals surface area contributed by atoms with E-state index in [4.69, 9.17) is 5.73 Å². The van der Waals surface area contributed by atoms with Crippen LogP contribution in [0.2, 0.25) is 0 Å². The minimum Gasteiger partial charge on any atom is -0.327 e. The third kappa shape index (κ3) is 4.13. The van der Waals surface area contributed by atoms with Crippen molar-refractivity contribution < 1.29 is 0 Å². The van der Waals surface area contributed by atoms with Gasteiger partial charge in [-0.3, -0.25) is 0 Å². The molecule has 6 heavy (non-hydrogen) atoms. The first-order valence-electron chi connectivity index (χ1n) is 1.97. The lowest BCUT2D eigenvalue weighted by molar-refractivity contribution is 1.25. The molecule has 0 rings (SSSR count). The Morgan fingerprint density at radius 3 is 2.33 bits per heavy atom. The van der Waals surface area contributed by atoms with Gasteiger partial charge in [-0.1, -0.05) is 12.2 Å². The lowest BCUT2D eigenvalue weighted by atomic mass is 10.5. The number of nitrogens with two attached hydrogens (primary N) is 1. The molecule has 0 saturated carbocycles. The molecule has 0 aliphatic heterocycles. The quantitative estimate of drug-likeness (QED) is 0.396. The molecule has 0 amide bonds. The van der Waals surface area contributed by atoms with Gasteiger partial charge in [-0.15, -0.1) is 9.24 Å². The molecule has 1 nitrogen and oxygen atoms in total. The minimum absolute atomic E-state index is 0.661. The molecule has 0 aromatic carbocycles. The molecule has 0 bridgehead atoms. The smallest absolute Gasteiger partial charge is 0.0106 e. The maximum Gasteiger partial charge on any atom is 0.0106 e. The van der Waals surface area contributed by atoms with Crippen LogP contribution in [0, 0.1) is 0 Å². The predicted octanol–water partition coefficient (Wildman–Crippen LogP) is 0.376. The Morgan fingerprint density at radius 1 is 1.50 bits per heavy atom. The summed E-state index contributed by atoms with van der Waals surface area (Å²) in [6.45, 7) is 0.661. The lowest BCUT2D eigenvalue weighted by Crippen LogP contribution is -1.91. The van der Waals surface area contributed by atoms with Crippen LogP contribution in [0.4, 0.5) is 0 Å². The first kappa shape index (κ1) is 6.13. The van der Waals surface area contributed by atoms with Crippen molar-refractivity contribution in [1.82, 2.24) is 0 Å². The molecule has 0 radical (unpaired) electrons. The molecule has 2 N–H and O–H groups in total. The van der Waals surface area contributed by atoms with E-state index < -0.39 is 0 Å². The Kier molecular flexibility index (Phi) is 5.24. The third-order valence-corrected chi connectivity index (χ3v) is 0.711. The fraction of sp³-hybridized carbons (Fsp3) is 0.500. The maximum absolute atomic E-state index is 5.12. The molecule has 1 unspecified atom stereocenters. The van der Waals surface area contributed by atoms with Crippen molar-refractivity contribution in [3.05, 3.63) is 12.2 Å². The Balaban J connectivity index is 2.73. The van der Waals surface area contributed by atoms with Crippen LogP contribution in [0.25, 0.3) is 0 Å². The monoisotopic (exact) mass is 103 g/mol. The number of allylic oxidation sites excluding steroid dienone is 1. The Hall–Kier alpha value is 0.130. The molecule has 1 atom stereocenters. The minimum atomic E-state index is 0.661. The molecule has 0 fully saturated rings. The summed E-state index contributed by atoms with van der Waals surface area (Å²) in [7, 11) is 2.59. The molecule has 0 aromatic heterocycles. The van der Waals surface area contributed by atoms with E-state index in [1.807, 2.05) is 12.2 Å². The van der Waals surface area contributed by atoms with Gasteiger partial charge in [0.25, 0.3) is 0 Å². The Morgan fingerprint density at radius 2 is 2.17 bits per heavy atom. The van der Waals surface area contributed by atoms with E-state index in [-0.39, 0.29) is 0 Å². The normalized spacial score (nSPS) is 10.3. The van der Waals surface area contributed by atoms with Gasteiger partial charge in [-0.2, -0.15) is 0 Å². The van der Waals surface area contributed by atoms with Crippen molar-refractivity contribution in [3.63, 3.8) is 0 Å². The molecule has 0 spiro atoms. The second-order valence-electron chi connectivity index (χ2n) is 0.943. The van der Waals surface area contributed by atoms with Crippen molar-refractivity contribution in [2.75, 3.05) is 12.7 Å². The zero-order chi connectivity index (χ0) is 4.83. The van der Waals surface area contributed by atoms with E-state index in [0.717, 1.165) is 6.16 Å². The van der Waals surface area contributed by atoms with Crippen molar-refractivity contribution in [1.29, 1.82) is 0 Å². The standard InChI is InChI=1S/C4H10NP/c5-3-1-2-4-6/h1-2H,3-6H2/b2-1+. The zero-order valence-electron chi connectivity index (χ0n) is 3.72. The van der Waals surface area contributed by atoms with Crippen molar-refractivity contribution in [2.45, 2.75) is 0 Å². The summed E-state index contributed by atoms with van der Waals surface area (Å²) in [5.41, 5.74) is 5.12. The average Bonchev–Trinajstić information content (AvgIpc) is 1.61. The summed E-state index contributed by atoms with van der Waals surface area (Å²) in [6.07, 6.45) is 4.97. The highest BCUT2D eigenvalue weighted by Crippen LogP contribution is 1.78. The molecule has 0 aliphatic carbocycles. The summed E-state index contributed by atoms with van der Waals surface area (Å²) < 4.78 is 0. The number of hydrogen-bond acceptors (Lipinski definition) is 1. The summed E-state index contributed by atoms with van der Waals surface area (Å²) in [6, 6.07) is 0. The van der Waals surface area contributed by atoms with Crippen molar-refractivity contribution in [3.8, 4) is 0 Å². The molecule has 36 valence electrons. The maximum atomic E-state index is 5.12. The lowest BCUT2D eigenvalue weighted by Gasteiger charge is -1.73. The van der Waals surface area contributed by atoms with Crippen LogP contribution in [0.3, 0.4) is 0 Å². The SMILES string of the molecule is NC/C=C/CP. The van der Waals surface area contributed by atoms with Gasteiger partial charge in [0.1, 0.15) is 0 Å². The van der Waals surface area contributed by atoms with Gasteiger partial charge >= 0.3 is 0 Å². The van der Waals surface area contributed by atoms with Crippen LogP contribution in [0.5, 0.6) is 0 Å². The largest absolute Gasteiger partial charge is 0.327 e. The summed E-state index contributed by atoms with van der Waals surface area (Å²) >= 11 is 0. The predicted molar refractivity (Wildman–Crippen MR) is 32.8 cm³/mol. The third-order valence-electron chi connectivity index (χ3n) is 0.439. The highest BCUT2D eigenvalue weighted by molar-refractivity contribution is 7.16. The van der Waals surface area contributed by atoms with Gasteiger partial charge in [0, 0.05) is 6.54 Å². The van der Waals surface area contributed by atoms with Gasteiger partial charge in [0.15, 0.2) is 0 Å². The van der Waals surface area contributed by atoms with E-state index in [1.54, 1.807) is 0 Å². The Bertz CT molecular complexity index is 36.8. The van der Waals surface area contributed by atoms with Crippen LogP contribution in [0.1, 0.15) is 0 Å². The summed E-state index contributed by atoms with van der Waals surface area (Å²) in [5.74, 6) is 0. The van der Waals surface area contributed by atoms with Crippen LogP contribution in [-0.4, -0.2) is 12.7 Å². The van der Waals surface area contributed by atoms with E-state index in [2.05, 4.69) is 9.24 Å². The highest BCUT2D eigenvalue weighted by Gasteiger charge is 1.59. The van der Waals surface area contributed by atoms with Gasteiger partial charge in [-0.25, -0.2) is 0 Å². The fourth-order valence-corrected chi connectivity index (χ4v) is 0.385. The fourth-order valence-electron chi connectivity index (χ4n) is 0.192. The van der Waals surface area contributed by atoms with Crippen LogP contribution < -0.4 is 5.73 Å². The molecule has 0 heterocycles. The van der Waals surface area contributed by atoms with Gasteiger partial charge in [0.2, 0.25) is 0 Å². The first-order chi connectivity index (χ1) is 2.91. The van der Waals surface area contributed by atoms with Gasteiger partial charge in [0.05, 0.1) is 0 Å². The van der Waals surface area contributed by atoms with Crippen LogP contribution >= 0.6 is 9.24 Å². The second-order valence-corrected chi connectivity index (χ2v) is 1.41. The summed E-state index contributed by atoms with van der Waals surface area (Å²) in [4.78, 5) is 0. The topological polar surface area (TPSA) is 26.0 Å². The van der Waals surface area contributed by atoms with E-state index in [0.29, 0.717) is 6.54 Å². The van der Waals surface area contributed by atoms with Crippen molar-refractivity contribution >= 4 is 9.24 Å².